The largest absolute Gasteiger partial charge is 0.336 e. The normalized spacial score (nSPS) is 16.8. The molecule has 7 heteroatoms. The zero-order valence-corrected chi connectivity index (χ0v) is 14.5. The molecule has 22 heavy (non-hydrogen) atoms. The van der Waals surface area contributed by atoms with E-state index in [0.717, 1.165) is 5.56 Å². The van der Waals surface area contributed by atoms with E-state index in [1.54, 1.807) is 23.1 Å². The second-order valence-electron chi connectivity index (χ2n) is 5.73. The lowest BCUT2D eigenvalue weighted by Crippen LogP contribution is -2.49. The molecule has 0 saturated carbocycles. The summed E-state index contributed by atoms with van der Waals surface area (Å²) in [6.45, 7) is 5.04. The highest BCUT2D eigenvalue weighted by Crippen LogP contribution is 2.18. The van der Waals surface area contributed by atoms with E-state index < -0.39 is 9.84 Å². The Morgan fingerprint density at radius 1 is 1.23 bits per heavy atom. The first kappa shape index (κ1) is 17.2. The highest BCUT2D eigenvalue weighted by molar-refractivity contribution is 7.90. The molecule has 0 aliphatic carbocycles. The summed E-state index contributed by atoms with van der Waals surface area (Å²) in [4.78, 5) is 16.3. The molecular weight excluding hydrogens is 324 g/mol. The number of amides is 1. The van der Waals surface area contributed by atoms with Crippen molar-refractivity contribution < 1.29 is 13.2 Å². The molecule has 0 radical (unpaired) electrons. The molecule has 1 amide bonds. The van der Waals surface area contributed by atoms with Gasteiger partial charge >= 0.3 is 0 Å². The van der Waals surface area contributed by atoms with Crippen molar-refractivity contribution >= 4 is 27.3 Å². The molecule has 2 rings (SSSR count). The Kier molecular flexibility index (Phi) is 5.47. The van der Waals surface area contributed by atoms with E-state index in [9.17, 15) is 13.2 Å². The number of carbonyl (C=O) groups excluding carboxylic acids is 1. The van der Waals surface area contributed by atoms with E-state index in [2.05, 4.69) is 4.90 Å². The number of carbonyl (C=O) groups is 1. The molecule has 0 aromatic heterocycles. The Hall–Kier alpha value is -1.11. The van der Waals surface area contributed by atoms with Crippen molar-refractivity contribution in [2.45, 2.75) is 6.92 Å². The van der Waals surface area contributed by atoms with Crippen LogP contribution in [0.1, 0.15) is 15.9 Å². The molecule has 1 aliphatic rings. The highest BCUT2D eigenvalue weighted by atomic mass is 35.5. The number of hydrogen-bond donors (Lipinski definition) is 0. The SMILES string of the molecule is Cc1cc(C(=O)N2CCN(CCS(C)(=O)=O)CC2)ccc1Cl. The molecule has 5 nitrogen and oxygen atoms in total. The van der Waals surface area contributed by atoms with Crippen molar-refractivity contribution in [1.29, 1.82) is 0 Å². The lowest BCUT2D eigenvalue weighted by Gasteiger charge is -2.34. The first-order valence-electron chi connectivity index (χ1n) is 7.22. The van der Waals surface area contributed by atoms with Gasteiger partial charge in [-0.25, -0.2) is 8.42 Å². The fraction of sp³-hybridized carbons (Fsp3) is 0.533. The first-order valence-corrected chi connectivity index (χ1v) is 9.65. The van der Waals surface area contributed by atoms with Gasteiger partial charge in [0.15, 0.2) is 0 Å². The molecule has 0 bridgehead atoms. The lowest BCUT2D eigenvalue weighted by atomic mass is 10.1. The fourth-order valence-corrected chi connectivity index (χ4v) is 3.14. The number of hydrogen-bond acceptors (Lipinski definition) is 4. The van der Waals surface area contributed by atoms with Gasteiger partial charge in [0.1, 0.15) is 9.84 Å². The fourth-order valence-electron chi connectivity index (χ4n) is 2.43. The second-order valence-corrected chi connectivity index (χ2v) is 8.39. The van der Waals surface area contributed by atoms with Crippen molar-refractivity contribution in [1.82, 2.24) is 9.80 Å². The maximum atomic E-state index is 12.5. The van der Waals surface area contributed by atoms with Gasteiger partial charge in [0.25, 0.3) is 5.91 Å². The Morgan fingerprint density at radius 2 is 1.86 bits per heavy atom. The summed E-state index contributed by atoms with van der Waals surface area (Å²) in [5, 5.41) is 0.655. The molecule has 1 fully saturated rings. The van der Waals surface area contributed by atoms with Crippen LogP contribution in [0.4, 0.5) is 0 Å². The van der Waals surface area contributed by atoms with Crippen LogP contribution in [0.15, 0.2) is 18.2 Å². The zero-order valence-electron chi connectivity index (χ0n) is 12.9. The van der Waals surface area contributed by atoms with E-state index in [1.165, 1.54) is 6.26 Å². The summed E-state index contributed by atoms with van der Waals surface area (Å²) in [6, 6.07) is 5.29. The molecule has 122 valence electrons. The van der Waals surface area contributed by atoms with Gasteiger partial charge in [0.05, 0.1) is 5.75 Å². The number of sulfone groups is 1. The number of aryl methyl sites for hydroxylation is 1. The minimum absolute atomic E-state index is 0.00234. The van der Waals surface area contributed by atoms with Gasteiger partial charge in [-0.1, -0.05) is 11.6 Å². The standard InChI is InChI=1S/C15H21ClN2O3S/c1-12-11-13(3-4-14(12)16)15(19)18-7-5-17(6-8-18)9-10-22(2,20)21/h3-4,11H,5-10H2,1-2H3. The van der Waals surface area contributed by atoms with E-state index in [0.29, 0.717) is 43.3 Å². The number of benzene rings is 1. The van der Waals surface area contributed by atoms with E-state index in [4.69, 9.17) is 11.6 Å². The third-order valence-corrected chi connectivity index (χ3v) is 5.19. The Bertz CT molecular complexity index is 653. The molecule has 1 saturated heterocycles. The Morgan fingerprint density at radius 3 is 2.41 bits per heavy atom. The quantitative estimate of drug-likeness (QED) is 0.829. The summed E-state index contributed by atoms with van der Waals surface area (Å²) < 4.78 is 22.4. The van der Waals surface area contributed by atoms with Crippen LogP contribution in [0, 0.1) is 6.92 Å². The van der Waals surface area contributed by atoms with E-state index in [1.807, 2.05) is 6.92 Å². The third-order valence-electron chi connectivity index (χ3n) is 3.84. The first-order chi connectivity index (χ1) is 10.3. The van der Waals surface area contributed by atoms with E-state index >= 15 is 0 Å². The van der Waals surface area contributed by atoms with Crippen LogP contribution in [0.25, 0.3) is 0 Å². The van der Waals surface area contributed by atoms with Crippen LogP contribution in [0.2, 0.25) is 5.02 Å². The maximum absolute atomic E-state index is 12.5. The van der Waals surface area contributed by atoms with Crippen LogP contribution in [0.5, 0.6) is 0 Å². The van der Waals surface area contributed by atoms with Gasteiger partial charge in [-0.2, -0.15) is 0 Å². The molecule has 0 unspecified atom stereocenters. The molecule has 1 aliphatic heterocycles. The smallest absolute Gasteiger partial charge is 0.253 e. The topological polar surface area (TPSA) is 57.7 Å². The number of nitrogens with zero attached hydrogens (tertiary/aromatic N) is 2. The van der Waals surface area contributed by atoms with Gasteiger partial charge in [-0.3, -0.25) is 9.69 Å². The highest BCUT2D eigenvalue weighted by Gasteiger charge is 2.22. The minimum atomic E-state index is -2.94. The summed E-state index contributed by atoms with van der Waals surface area (Å²) >= 11 is 5.98. The summed E-state index contributed by atoms with van der Waals surface area (Å²) in [7, 11) is -2.94. The average Bonchev–Trinajstić information content (AvgIpc) is 2.47. The number of piperazine rings is 1. The van der Waals surface area contributed by atoms with Crippen LogP contribution in [0.3, 0.4) is 0 Å². The number of halogens is 1. The maximum Gasteiger partial charge on any atom is 0.253 e. The van der Waals surface area contributed by atoms with Gasteiger partial charge in [0, 0.05) is 49.6 Å². The molecule has 0 N–H and O–H groups in total. The van der Waals surface area contributed by atoms with Gasteiger partial charge in [-0.15, -0.1) is 0 Å². The third kappa shape index (κ3) is 4.69. The molecule has 1 heterocycles. The molecular formula is C15H21ClN2O3S. The van der Waals surface area contributed by atoms with Crippen LogP contribution in [-0.2, 0) is 9.84 Å². The molecule has 1 aromatic carbocycles. The van der Waals surface area contributed by atoms with Crippen molar-refractivity contribution in [3.05, 3.63) is 34.3 Å². The van der Waals surface area contributed by atoms with E-state index in [-0.39, 0.29) is 11.7 Å². The number of rotatable bonds is 4. The Balaban J connectivity index is 1.91. The van der Waals surface area contributed by atoms with Gasteiger partial charge in [-0.05, 0) is 30.7 Å². The zero-order chi connectivity index (χ0) is 16.3. The predicted octanol–water partition coefficient (Wildman–Crippen LogP) is 1.45. The minimum Gasteiger partial charge on any atom is -0.336 e. The van der Waals surface area contributed by atoms with Crippen LogP contribution in [-0.4, -0.2) is 68.9 Å². The van der Waals surface area contributed by atoms with Crippen LogP contribution >= 0.6 is 11.6 Å². The van der Waals surface area contributed by atoms with Crippen molar-refractivity contribution in [2.24, 2.45) is 0 Å². The van der Waals surface area contributed by atoms with Crippen molar-refractivity contribution in [3.63, 3.8) is 0 Å². The average molecular weight is 345 g/mol. The summed E-state index contributed by atoms with van der Waals surface area (Å²) in [5.74, 6) is 0.166. The molecule has 0 atom stereocenters. The van der Waals surface area contributed by atoms with Crippen molar-refractivity contribution in [3.8, 4) is 0 Å². The second kappa shape index (κ2) is 6.98. The monoisotopic (exact) mass is 344 g/mol. The Labute approximate surface area is 136 Å². The van der Waals surface area contributed by atoms with Crippen molar-refractivity contribution in [2.75, 3.05) is 44.7 Å². The lowest BCUT2D eigenvalue weighted by molar-refractivity contribution is 0.0644. The van der Waals surface area contributed by atoms with Crippen LogP contribution < -0.4 is 0 Å². The molecule has 1 aromatic rings. The summed E-state index contributed by atoms with van der Waals surface area (Å²) in [5.41, 5.74) is 1.53. The summed E-state index contributed by atoms with van der Waals surface area (Å²) in [6.07, 6.45) is 1.25. The molecule has 0 spiro atoms. The van der Waals surface area contributed by atoms with Gasteiger partial charge in [0.2, 0.25) is 0 Å². The van der Waals surface area contributed by atoms with Gasteiger partial charge < -0.3 is 4.90 Å². The predicted molar refractivity (Wildman–Crippen MR) is 88.2 cm³/mol.